The van der Waals surface area contributed by atoms with E-state index in [1.54, 1.807) is 0 Å². The number of hydrogen-bond acceptors (Lipinski definition) is 3. The molecule has 0 atom stereocenters. The van der Waals surface area contributed by atoms with Crippen molar-refractivity contribution in [3.8, 4) is 0 Å². The molecule has 1 heterocycles. The highest BCUT2D eigenvalue weighted by atomic mass is 35.5. The van der Waals surface area contributed by atoms with E-state index < -0.39 is 16.0 Å². The molecule has 0 aromatic heterocycles. The van der Waals surface area contributed by atoms with E-state index in [0.717, 1.165) is 11.6 Å². The fourth-order valence-electron chi connectivity index (χ4n) is 2.06. The lowest BCUT2D eigenvalue weighted by atomic mass is 10.2. The number of rotatable bonds is 3. The van der Waals surface area contributed by atoms with Crippen LogP contribution in [0, 0.1) is 0 Å². The van der Waals surface area contributed by atoms with Crippen molar-refractivity contribution in [3.63, 3.8) is 0 Å². The molecule has 0 fully saturated rings. The summed E-state index contributed by atoms with van der Waals surface area (Å²) in [7, 11) is -3.70. The molecule has 1 aliphatic rings. The normalized spacial score (nSPS) is 16.8. The number of aromatic carboxylic acids is 1. The van der Waals surface area contributed by atoms with Crippen molar-refractivity contribution in [1.29, 1.82) is 0 Å². The molecule has 7 heteroatoms. The average molecular weight is 316 g/mol. The molecule has 0 saturated carbocycles. The summed E-state index contributed by atoms with van der Waals surface area (Å²) in [4.78, 5) is 11.0. The van der Waals surface area contributed by atoms with Crippen LogP contribution in [0.1, 0.15) is 23.7 Å². The smallest absolute Gasteiger partial charge is 0.337 e. The topological polar surface area (TPSA) is 74.7 Å². The van der Waals surface area contributed by atoms with E-state index in [9.17, 15) is 13.2 Å². The third kappa shape index (κ3) is 2.87. The Labute approximate surface area is 122 Å². The molecule has 0 aliphatic carbocycles. The molecule has 108 valence electrons. The maximum atomic E-state index is 12.5. The van der Waals surface area contributed by atoms with Crippen molar-refractivity contribution < 1.29 is 18.3 Å². The number of hydrogen-bond donors (Lipinski definition) is 1. The van der Waals surface area contributed by atoms with Crippen LogP contribution >= 0.6 is 11.6 Å². The fraction of sp³-hybridized carbons (Fsp3) is 0.308. The van der Waals surface area contributed by atoms with Gasteiger partial charge in [0.15, 0.2) is 0 Å². The van der Waals surface area contributed by atoms with Crippen LogP contribution in [-0.4, -0.2) is 36.9 Å². The summed E-state index contributed by atoms with van der Waals surface area (Å²) >= 11 is 5.75. The van der Waals surface area contributed by atoms with Crippen molar-refractivity contribution in [2.75, 3.05) is 13.1 Å². The van der Waals surface area contributed by atoms with Gasteiger partial charge >= 0.3 is 5.97 Å². The SMILES string of the molecule is CC1=CCCN(S(=O)(=O)c2ccc(Cl)c(C(=O)O)c2)C1. The van der Waals surface area contributed by atoms with Crippen LogP contribution in [0.3, 0.4) is 0 Å². The summed E-state index contributed by atoms with van der Waals surface area (Å²) < 4.78 is 26.3. The van der Waals surface area contributed by atoms with Crippen molar-refractivity contribution >= 4 is 27.6 Å². The van der Waals surface area contributed by atoms with Gasteiger partial charge in [0.25, 0.3) is 0 Å². The van der Waals surface area contributed by atoms with E-state index in [2.05, 4.69) is 0 Å². The van der Waals surface area contributed by atoms with Gasteiger partial charge in [0.1, 0.15) is 0 Å². The predicted octanol–water partition coefficient (Wildman–Crippen LogP) is 2.38. The van der Waals surface area contributed by atoms with Crippen molar-refractivity contribution in [2.24, 2.45) is 0 Å². The van der Waals surface area contributed by atoms with Crippen LogP contribution in [0.4, 0.5) is 0 Å². The molecule has 1 aliphatic heterocycles. The molecule has 1 aromatic rings. The Bertz CT molecular complexity index is 682. The second kappa shape index (κ2) is 5.55. The Hall–Kier alpha value is -1.37. The Balaban J connectivity index is 2.42. The first-order valence-corrected chi connectivity index (χ1v) is 7.83. The first kappa shape index (κ1) is 15.0. The lowest BCUT2D eigenvalue weighted by Crippen LogP contribution is -2.35. The summed E-state index contributed by atoms with van der Waals surface area (Å²) in [6, 6.07) is 3.73. The molecule has 0 unspecified atom stereocenters. The third-order valence-electron chi connectivity index (χ3n) is 3.10. The van der Waals surface area contributed by atoms with E-state index >= 15 is 0 Å². The van der Waals surface area contributed by atoms with Crippen LogP contribution < -0.4 is 0 Å². The van der Waals surface area contributed by atoms with Crippen molar-refractivity contribution in [1.82, 2.24) is 4.31 Å². The zero-order valence-electron chi connectivity index (χ0n) is 10.8. The maximum Gasteiger partial charge on any atom is 0.337 e. The maximum absolute atomic E-state index is 12.5. The summed E-state index contributed by atoms with van der Waals surface area (Å²) in [5.41, 5.74) is 0.768. The van der Waals surface area contributed by atoms with Gasteiger partial charge in [-0.15, -0.1) is 0 Å². The van der Waals surface area contributed by atoms with Gasteiger partial charge in [0.2, 0.25) is 10.0 Å². The molecule has 20 heavy (non-hydrogen) atoms. The molecular weight excluding hydrogens is 302 g/mol. The molecular formula is C13H14ClNO4S. The zero-order valence-corrected chi connectivity index (χ0v) is 12.4. The van der Waals surface area contributed by atoms with Gasteiger partial charge in [-0.05, 0) is 31.5 Å². The number of carboxylic acids is 1. The van der Waals surface area contributed by atoms with Crippen LogP contribution in [0.5, 0.6) is 0 Å². The molecule has 0 saturated heterocycles. The van der Waals surface area contributed by atoms with Gasteiger partial charge < -0.3 is 5.11 Å². The van der Waals surface area contributed by atoms with Crippen LogP contribution in [0.15, 0.2) is 34.7 Å². The predicted molar refractivity (Wildman–Crippen MR) is 75.5 cm³/mol. The van der Waals surface area contributed by atoms with Crippen LogP contribution in [0.25, 0.3) is 0 Å². The van der Waals surface area contributed by atoms with Gasteiger partial charge in [-0.2, -0.15) is 4.31 Å². The van der Waals surface area contributed by atoms with Crippen molar-refractivity contribution in [2.45, 2.75) is 18.2 Å². The fourth-order valence-corrected chi connectivity index (χ4v) is 3.78. The highest BCUT2D eigenvalue weighted by molar-refractivity contribution is 7.89. The largest absolute Gasteiger partial charge is 0.478 e. The molecule has 2 rings (SSSR count). The van der Waals surface area contributed by atoms with Gasteiger partial charge in [-0.3, -0.25) is 0 Å². The number of sulfonamides is 1. The van der Waals surface area contributed by atoms with Crippen LogP contribution in [0.2, 0.25) is 5.02 Å². The molecule has 5 nitrogen and oxygen atoms in total. The second-order valence-electron chi connectivity index (χ2n) is 4.62. The summed E-state index contributed by atoms with van der Waals surface area (Å²) in [5, 5.41) is 9.03. The Morgan fingerprint density at radius 3 is 2.70 bits per heavy atom. The summed E-state index contributed by atoms with van der Waals surface area (Å²) in [5.74, 6) is -1.25. The molecule has 0 amide bonds. The lowest BCUT2D eigenvalue weighted by Gasteiger charge is -2.25. The molecule has 1 N–H and O–H groups in total. The number of carboxylic acid groups (broad SMARTS) is 1. The van der Waals surface area contributed by atoms with Gasteiger partial charge in [-0.1, -0.05) is 23.3 Å². The number of halogens is 1. The van der Waals surface area contributed by atoms with E-state index in [1.807, 2.05) is 13.0 Å². The monoisotopic (exact) mass is 315 g/mol. The van der Waals surface area contributed by atoms with Gasteiger partial charge in [0.05, 0.1) is 15.5 Å². The van der Waals surface area contributed by atoms with E-state index in [4.69, 9.17) is 16.7 Å². The minimum absolute atomic E-state index is 0.0196. The summed E-state index contributed by atoms with van der Waals surface area (Å²) in [6.45, 7) is 2.59. The zero-order chi connectivity index (χ0) is 14.9. The number of nitrogens with zero attached hydrogens (tertiary/aromatic N) is 1. The molecule has 0 bridgehead atoms. The highest BCUT2D eigenvalue weighted by Crippen LogP contribution is 2.25. The van der Waals surface area contributed by atoms with E-state index in [-0.39, 0.29) is 15.5 Å². The Morgan fingerprint density at radius 1 is 1.40 bits per heavy atom. The standard InChI is InChI=1S/C13H14ClNO4S/c1-9-3-2-6-15(8-9)20(18,19)10-4-5-12(14)11(7-10)13(16)17/h3-5,7H,2,6,8H2,1H3,(H,16,17). The van der Waals surface area contributed by atoms with E-state index in [1.165, 1.54) is 16.4 Å². The van der Waals surface area contributed by atoms with Crippen molar-refractivity contribution in [3.05, 3.63) is 40.4 Å². The minimum atomic E-state index is -3.70. The van der Waals surface area contributed by atoms with Gasteiger partial charge in [-0.25, -0.2) is 13.2 Å². The second-order valence-corrected chi connectivity index (χ2v) is 6.97. The van der Waals surface area contributed by atoms with E-state index in [0.29, 0.717) is 19.5 Å². The number of carbonyl (C=O) groups is 1. The molecule has 0 radical (unpaired) electrons. The Morgan fingerprint density at radius 2 is 2.10 bits per heavy atom. The first-order valence-electron chi connectivity index (χ1n) is 6.01. The Kier molecular flexibility index (Phi) is 4.17. The third-order valence-corrected chi connectivity index (χ3v) is 5.27. The highest BCUT2D eigenvalue weighted by Gasteiger charge is 2.27. The molecule has 1 aromatic carbocycles. The quantitative estimate of drug-likeness (QED) is 0.869. The number of benzene rings is 1. The first-order chi connectivity index (χ1) is 9.32. The summed E-state index contributed by atoms with van der Waals surface area (Å²) in [6.07, 6.45) is 2.65. The minimum Gasteiger partial charge on any atom is -0.478 e. The average Bonchev–Trinajstić information content (AvgIpc) is 2.38. The van der Waals surface area contributed by atoms with Crippen LogP contribution in [-0.2, 0) is 10.0 Å². The van der Waals surface area contributed by atoms with Gasteiger partial charge in [0, 0.05) is 13.1 Å². The molecule has 0 spiro atoms. The lowest BCUT2D eigenvalue weighted by molar-refractivity contribution is 0.0697.